The third kappa shape index (κ3) is 2.82. The molecule has 0 nitrogen and oxygen atoms in total. The standard InChI is InChI=1S/C13H8BrCl2F/c14-10-2-1-3-11(17)12(10)13(16)8-4-6-9(15)7-5-8/h1-7,13H. The van der Waals surface area contributed by atoms with Crippen LogP contribution in [0, 0.1) is 5.82 Å². The molecule has 0 aliphatic carbocycles. The molecule has 0 radical (unpaired) electrons. The van der Waals surface area contributed by atoms with Crippen molar-refractivity contribution in [1.82, 2.24) is 0 Å². The van der Waals surface area contributed by atoms with E-state index in [-0.39, 0.29) is 5.82 Å². The molecular formula is C13H8BrCl2F. The second kappa shape index (κ2) is 5.38. The first-order valence-corrected chi connectivity index (χ1v) is 6.54. The Balaban J connectivity index is 2.43. The van der Waals surface area contributed by atoms with Gasteiger partial charge in [0.2, 0.25) is 0 Å². The van der Waals surface area contributed by atoms with Crippen LogP contribution in [-0.4, -0.2) is 0 Å². The summed E-state index contributed by atoms with van der Waals surface area (Å²) in [6.07, 6.45) is 0. The quantitative estimate of drug-likeness (QED) is 0.630. The number of rotatable bonds is 2. The summed E-state index contributed by atoms with van der Waals surface area (Å²) >= 11 is 15.4. The highest BCUT2D eigenvalue weighted by Gasteiger charge is 2.18. The van der Waals surface area contributed by atoms with E-state index in [1.807, 2.05) is 0 Å². The van der Waals surface area contributed by atoms with Gasteiger partial charge >= 0.3 is 0 Å². The first-order chi connectivity index (χ1) is 8.09. The molecule has 0 amide bonds. The highest BCUT2D eigenvalue weighted by Crippen LogP contribution is 2.35. The SMILES string of the molecule is Fc1cccc(Br)c1C(Cl)c1ccc(Cl)cc1. The number of alkyl halides is 1. The molecule has 0 bridgehead atoms. The second-order valence-corrected chi connectivity index (χ2v) is 5.28. The van der Waals surface area contributed by atoms with Crippen molar-refractivity contribution in [1.29, 1.82) is 0 Å². The lowest BCUT2D eigenvalue weighted by molar-refractivity contribution is 0.611. The lowest BCUT2D eigenvalue weighted by Crippen LogP contribution is -1.98. The van der Waals surface area contributed by atoms with Crippen LogP contribution in [0.15, 0.2) is 46.9 Å². The Kier molecular flexibility index (Phi) is 4.08. The molecule has 2 aromatic carbocycles. The molecular weight excluding hydrogens is 326 g/mol. The highest BCUT2D eigenvalue weighted by molar-refractivity contribution is 9.10. The number of hydrogen-bond donors (Lipinski definition) is 0. The van der Waals surface area contributed by atoms with Gasteiger partial charge < -0.3 is 0 Å². The van der Waals surface area contributed by atoms with Crippen molar-refractivity contribution in [3.05, 3.63) is 68.9 Å². The lowest BCUT2D eigenvalue weighted by Gasteiger charge is -2.13. The molecule has 0 fully saturated rings. The minimum absolute atomic E-state index is 0.325. The van der Waals surface area contributed by atoms with Crippen molar-refractivity contribution in [2.45, 2.75) is 5.38 Å². The molecule has 2 rings (SSSR count). The van der Waals surface area contributed by atoms with Gasteiger partial charge in [0.1, 0.15) is 5.82 Å². The van der Waals surface area contributed by atoms with Crippen LogP contribution in [-0.2, 0) is 0 Å². The Labute approximate surface area is 117 Å². The molecule has 0 saturated carbocycles. The summed E-state index contributed by atoms with van der Waals surface area (Å²) in [5.74, 6) is -0.325. The third-order valence-corrected chi connectivity index (χ3v) is 3.83. The van der Waals surface area contributed by atoms with Crippen molar-refractivity contribution < 1.29 is 4.39 Å². The van der Waals surface area contributed by atoms with Crippen LogP contribution in [0.4, 0.5) is 4.39 Å². The topological polar surface area (TPSA) is 0 Å². The molecule has 4 heteroatoms. The summed E-state index contributed by atoms with van der Waals surface area (Å²) in [7, 11) is 0. The lowest BCUT2D eigenvalue weighted by atomic mass is 10.0. The molecule has 0 saturated heterocycles. The van der Waals surface area contributed by atoms with Gasteiger partial charge in [-0.2, -0.15) is 0 Å². The van der Waals surface area contributed by atoms with Crippen LogP contribution in [0.25, 0.3) is 0 Å². The fourth-order valence-electron chi connectivity index (χ4n) is 1.55. The molecule has 0 aliphatic heterocycles. The Morgan fingerprint density at radius 2 is 1.71 bits per heavy atom. The maximum atomic E-state index is 13.7. The molecule has 2 aromatic rings. The number of halogens is 4. The van der Waals surface area contributed by atoms with Crippen molar-refractivity contribution in [3.63, 3.8) is 0 Å². The van der Waals surface area contributed by atoms with E-state index in [0.717, 1.165) is 5.56 Å². The van der Waals surface area contributed by atoms with Crippen LogP contribution in [0.2, 0.25) is 5.02 Å². The number of benzene rings is 2. The summed E-state index contributed by atoms with van der Waals surface area (Å²) in [6, 6.07) is 11.9. The average Bonchev–Trinajstić information content (AvgIpc) is 2.29. The van der Waals surface area contributed by atoms with Crippen LogP contribution in [0.1, 0.15) is 16.5 Å². The summed E-state index contributed by atoms with van der Waals surface area (Å²) in [4.78, 5) is 0. The van der Waals surface area contributed by atoms with E-state index in [1.165, 1.54) is 6.07 Å². The zero-order valence-corrected chi connectivity index (χ0v) is 11.7. The van der Waals surface area contributed by atoms with Crippen LogP contribution < -0.4 is 0 Å². The van der Waals surface area contributed by atoms with E-state index < -0.39 is 5.38 Å². The van der Waals surface area contributed by atoms with Gasteiger partial charge in [-0.1, -0.05) is 45.7 Å². The van der Waals surface area contributed by atoms with Gasteiger partial charge in [0.25, 0.3) is 0 Å². The largest absolute Gasteiger partial charge is 0.207 e. The fraction of sp³-hybridized carbons (Fsp3) is 0.0769. The monoisotopic (exact) mass is 332 g/mol. The van der Waals surface area contributed by atoms with Crippen molar-refractivity contribution in [3.8, 4) is 0 Å². The van der Waals surface area contributed by atoms with Gasteiger partial charge in [0.05, 0.1) is 5.38 Å². The van der Waals surface area contributed by atoms with Gasteiger partial charge in [-0.05, 0) is 29.8 Å². The normalized spacial score (nSPS) is 12.5. The van der Waals surface area contributed by atoms with E-state index >= 15 is 0 Å². The van der Waals surface area contributed by atoms with E-state index in [4.69, 9.17) is 23.2 Å². The van der Waals surface area contributed by atoms with Crippen LogP contribution in [0.3, 0.4) is 0 Å². The molecule has 0 spiro atoms. The fourth-order valence-corrected chi connectivity index (χ4v) is 2.75. The van der Waals surface area contributed by atoms with E-state index in [1.54, 1.807) is 36.4 Å². The molecule has 0 heterocycles. The van der Waals surface area contributed by atoms with Crippen molar-refractivity contribution in [2.24, 2.45) is 0 Å². The van der Waals surface area contributed by atoms with Gasteiger partial charge in [-0.3, -0.25) is 0 Å². The van der Waals surface area contributed by atoms with Crippen LogP contribution in [0.5, 0.6) is 0 Å². The Hall–Kier alpha value is -0.570. The third-order valence-electron chi connectivity index (χ3n) is 2.42. The maximum absolute atomic E-state index is 13.7. The van der Waals surface area contributed by atoms with E-state index in [9.17, 15) is 4.39 Å². The van der Waals surface area contributed by atoms with E-state index in [2.05, 4.69) is 15.9 Å². The molecule has 88 valence electrons. The smallest absolute Gasteiger partial charge is 0.129 e. The minimum Gasteiger partial charge on any atom is -0.207 e. The van der Waals surface area contributed by atoms with Gasteiger partial charge in [0.15, 0.2) is 0 Å². The molecule has 17 heavy (non-hydrogen) atoms. The summed E-state index contributed by atoms with van der Waals surface area (Å²) in [6.45, 7) is 0. The Morgan fingerprint density at radius 1 is 1.06 bits per heavy atom. The first-order valence-electron chi connectivity index (χ1n) is 4.93. The zero-order chi connectivity index (χ0) is 12.4. The molecule has 1 atom stereocenters. The summed E-state index contributed by atoms with van der Waals surface area (Å²) < 4.78 is 14.4. The summed E-state index contributed by atoms with van der Waals surface area (Å²) in [5, 5.41) is 0.0908. The number of hydrogen-bond acceptors (Lipinski definition) is 0. The average molecular weight is 334 g/mol. The molecule has 0 aromatic heterocycles. The zero-order valence-electron chi connectivity index (χ0n) is 8.63. The predicted octanol–water partition coefficient (Wildman–Crippen LogP) is 5.57. The van der Waals surface area contributed by atoms with Crippen LogP contribution >= 0.6 is 39.1 Å². The first kappa shape index (κ1) is 12.9. The maximum Gasteiger partial charge on any atom is 0.129 e. The highest BCUT2D eigenvalue weighted by atomic mass is 79.9. The Morgan fingerprint density at radius 3 is 2.29 bits per heavy atom. The molecule has 1 unspecified atom stereocenters. The molecule has 0 N–H and O–H groups in total. The minimum atomic E-state index is -0.539. The predicted molar refractivity (Wildman–Crippen MR) is 73.2 cm³/mol. The van der Waals surface area contributed by atoms with Crippen molar-refractivity contribution >= 4 is 39.1 Å². The Bertz CT molecular complexity index is 505. The van der Waals surface area contributed by atoms with Gasteiger partial charge in [0, 0.05) is 15.1 Å². The second-order valence-electron chi connectivity index (χ2n) is 3.55. The van der Waals surface area contributed by atoms with Gasteiger partial charge in [-0.15, -0.1) is 11.6 Å². The van der Waals surface area contributed by atoms with E-state index in [0.29, 0.717) is 15.1 Å². The van der Waals surface area contributed by atoms with Crippen molar-refractivity contribution in [2.75, 3.05) is 0 Å². The summed E-state index contributed by atoms with van der Waals surface area (Å²) in [5.41, 5.74) is 1.25. The van der Waals surface area contributed by atoms with Gasteiger partial charge in [-0.25, -0.2) is 4.39 Å². The molecule has 0 aliphatic rings.